The summed E-state index contributed by atoms with van der Waals surface area (Å²) in [5, 5.41) is 10.2. The van der Waals surface area contributed by atoms with Gasteiger partial charge in [-0.25, -0.2) is 0 Å². The Labute approximate surface area is 192 Å². The van der Waals surface area contributed by atoms with Crippen molar-refractivity contribution in [3.8, 4) is 0 Å². The van der Waals surface area contributed by atoms with Gasteiger partial charge in [0.25, 0.3) is 0 Å². The van der Waals surface area contributed by atoms with Crippen LogP contribution in [0, 0.1) is 35.5 Å². The number of rotatable bonds is 8. The van der Waals surface area contributed by atoms with E-state index in [1.165, 1.54) is 38.5 Å². The molecular formula is C23H44Cl2N2Ti-2. The maximum absolute atomic E-state index is 5.08. The molecule has 2 aliphatic carbocycles. The van der Waals surface area contributed by atoms with E-state index in [0.717, 1.165) is 55.0 Å². The van der Waals surface area contributed by atoms with Gasteiger partial charge in [-0.3, -0.25) is 0 Å². The normalized spacial score (nSPS) is 33.5. The van der Waals surface area contributed by atoms with Crippen molar-refractivity contribution < 1.29 is 17.0 Å². The van der Waals surface area contributed by atoms with E-state index in [4.69, 9.17) is 29.2 Å². The van der Waals surface area contributed by atoms with Crippen molar-refractivity contribution >= 4 is 18.6 Å². The van der Waals surface area contributed by atoms with Gasteiger partial charge in [0.1, 0.15) is 0 Å². The number of hydrogen-bond acceptors (Lipinski definition) is 0. The van der Waals surface area contributed by atoms with Gasteiger partial charge in [0.15, 0.2) is 0 Å². The van der Waals surface area contributed by atoms with Crippen LogP contribution in [0.5, 0.6) is 0 Å². The average molecular weight is 467 g/mol. The second-order valence-electron chi connectivity index (χ2n) is 9.96. The molecule has 28 heavy (non-hydrogen) atoms. The summed E-state index contributed by atoms with van der Waals surface area (Å²) < 4.78 is 0. The zero-order chi connectivity index (χ0) is 21.1. The first-order chi connectivity index (χ1) is 13.3. The monoisotopic (exact) mass is 466 g/mol. The molecule has 0 radical (unpaired) electrons. The Morgan fingerprint density at radius 2 is 1.11 bits per heavy atom. The van der Waals surface area contributed by atoms with E-state index in [-0.39, 0.29) is 0 Å². The molecule has 0 heterocycles. The summed E-state index contributed by atoms with van der Waals surface area (Å²) in [5.74, 6) is 5.01. The molecule has 2 fully saturated rings. The second kappa shape index (κ2) is 15.1. The molecule has 0 aromatic carbocycles. The first kappa shape index (κ1) is 27.2. The van der Waals surface area contributed by atoms with Crippen LogP contribution in [0.3, 0.4) is 0 Å². The molecule has 0 amide bonds. The quantitative estimate of drug-likeness (QED) is 0.253. The summed E-state index contributed by atoms with van der Waals surface area (Å²) in [6.07, 6.45) is 9.38. The van der Waals surface area contributed by atoms with Gasteiger partial charge in [-0.1, -0.05) is 98.3 Å². The first-order valence-electron chi connectivity index (χ1n) is 11.6. The third-order valence-corrected chi connectivity index (χ3v) is 7.32. The Bertz CT molecular complexity index is 361. The van der Waals surface area contributed by atoms with Crippen LogP contribution in [-0.2, 0) is 17.0 Å². The van der Waals surface area contributed by atoms with Crippen molar-refractivity contribution in [2.45, 2.75) is 98.6 Å². The van der Waals surface area contributed by atoms with Crippen LogP contribution in [0.4, 0.5) is 0 Å². The predicted molar refractivity (Wildman–Crippen MR) is 123 cm³/mol. The first-order valence-corrected chi connectivity index (χ1v) is 15.9. The summed E-state index contributed by atoms with van der Waals surface area (Å²) in [6.45, 7) is 16.4. The van der Waals surface area contributed by atoms with Crippen molar-refractivity contribution in [2.75, 3.05) is 13.1 Å². The van der Waals surface area contributed by atoms with Crippen LogP contribution >= 0.6 is 18.6 Å². The van der Waals surface area contributed by atoms with E-state index in [0.29, 0.717) is 12.1 Å². The standard InChI is InChI=1S/C23H44N2.2ClH.Ti/c1-16(2)20-10-8-18(5)22(14-20)24-12-7-13-25-23-15-21(17(3)4)11-9-19(23)6;;;/h16-23H,7-15H2,1-6H3;2*1H;/q-2;;;+2/p-2. The van der Waals surface area contributed by atoms with Crippen LogP contribution in [0.15, 0.2) is 0 Å². The summed E-state index contributed by atoms with van der Waals surface area (Å²) in [6, 6.07) is 1.22. The SMILES string of the molecule is CC(C)C1CCC(C)C([N-]CCC[N-]C2CC(C(C)C)CCC2C)C1.[Cl][Ti][Cl]. The number of halogens is 2. The molecule has 166 valence electrons. The molecule has 2 aliphatic rings. The van der Waals surface area contributed by atoms with Gasteiger partial charge in [-0.2, -0.15) is 13.1 Å². The van der Waals surface area contributed by atoms with Crippen LogP contribution in [0.25, 0.3) is 10.6 Å². The van der Waals surface area contributed by atoms with E-state index in [1.807, 2.05) is 0 Å². The minimum absolute atomic E-state index is 0.556. The molecule has 6 unspecified atom stereocenters. The third kappa shape index (κ3) is 10.0. The minimum atomic E-state index is -0.556. The summed E-state index contributed by atoms with van der Waals surface area (Å²) in [4.78, 5) is 0. The van der Waals surface area contributed by atoms with E-state index < -0.39 is 17.0 Å². The average Bonchev–Trinajstić information content (AvgIpc) is 2.64. The molecule has 2 nitrogen and oxygen atoms in total. The molecule has 0 N–H and O–H groups in total. The molecule has 0 aliphatic heterocycles. The zero-order valence-corrected chi connectivity index (χ0v) is 22.2. The van der Waals surface area contributed by atoms with Crippen molar-refractivity contribution in [3.63, 3.8) is 0 Å². The summed E-state index contributed by atoms with van der Waals surface area (Å²) in [7, 11) is 9.78. The molecule has 5 heteroatoms. The van der Waals surface area contributed by atoms with Crippen LogP contribution in [0.1, 0.15) is 86.5 Å². The van der Waals surface area contributed by atoms with Gasteiger partial charge in [0, 0.05) is 0 Å². The second-order valence-corrected chi connectivity index (χ2v) is 12.5. The maximum atomic E-state index is 5.08. The Hall–Kier alpha value is 1.21. The number of nitrogens with zero attached hydrogens (tertiary/aromatic N) is 2. The Morgan fingerprint density at radius 1 is 0.750 bits per heavy atom. The van der Waals surface area contributed by atoms with Crippen LogP contribution in [-0.4, -0.2) is 25.2 Å². The predicted octanol–water partition coefficient (Wildman–Crippen LogP) is 8.42. The fraction of sp³-hybridized carbons (Fsp3) is 1.00. The van der Waals surface area contributed by atoms with E-state index in [9.17, 15) is 0 Å². The third-order valence-electron chi connectivity index (χ3n) is 7.32. The van der Waals surface area contributed by atoms with Gasteiger partial charge in [0.2, 0.25) is 0 Å². The molecule has 0 aromatic rings. The molecule has 6 atom stereocenters. The molecule has 0 aromatic heterocycles. The van der Waals surface area contributed by atoms with E-state index in [2.05, 4.69) is 41.5 Å². The Kier molecular flexibility index (Phi) is 14.7. The summed E-state index contributed by atoms with van der Waals surface area (Å²) >= 11 is -0.556. The Balaban J connectivity index is 0.00000122. The Morgan fingerprint density at radius 3 is 1.43 bits per heavy atom. The van der Waals surface area contributed by atoms with E-state index in [1.54, 1.807) is 0 Å². The molecular weight excluding hydrogens is 423 g/mol. The van der Waals surface area contributed by atoms with Crippen molar-refractivity contribution in [2.24, 2.45) is 35.5 Å². The zero-order valence-electron chi connectivity index (χ0n) is 19.1. The topological polar surface area (TPSA) is 28.2 Å². The van der Waals surface area contributed by atoms with Crippen molar-refractivity contribution in [1.82, 2.24) is 0 Å². The fourth-order valence-corrected chi connectivity index (χ4v) is 4.96. The molecule has 2 saturated carbocycles. The van der Waals surface area contributed by atoms with Gasteiger partial charge < -0.3 is 10.6 Å². The van der Waals surface area contributed by atoms with Crippen LogP contribution < -0.4 is 0 Å². The fourth-order valence-electron chi connectivity index (χ4n) is 4.96. The molecule has 0 bridgehead atoms. The summed E-state index contributed by atoms with van der Waals surface area (Å²) in [5.41, 5.74) is 0. The van der Waals surface area contributed by atoms with Gasteiger partial charge >= 0.3 is 35.6 Å². The van der Waals surface area contributed by atoms with Gasteiger partial charge in [-0.15, -0.1) is 12.1 Å². The molecule has 0 saturated heterocycles. The van der Waals surface area contributed by atoms with Crippen molar-refractivity contribution in [1.29, 1.82) is 0 Å². The van der Waals surface area contributed by atoms with Gasteiger partial charge in [0.05, 0.1) is 0 Å². The van der Waals surface area contributed by atoms with E-state index >= 15 is 0 Å². The van der Waals surface area contributed by atoms with Gasteiger partial charge in [-0.05, 0) is 23.7 Å². The van der Waals surface area contributed by atoms with Crippen molar-refractivity contribution in [3.05, 3.63) is 10.6 Å². The number of hydrogen-bond donors (Lipinski definition) is 0. The molecule has 2 rings (SSSR count). The molecule has 0 spiro atoms. The van der Waals surface area contributed by atoms with Crippen LogP contribution in [0.2, 0.25) is 0 Å².